The predicted molar refractivity (Wildman–Crippen MR) is 105 cm³/mol. The average Bonchev–Trinajstić information content (AvgIpc) is 2.43. The average molecular weight is 411 g/mol. The molecule has 1 heteroatoms. The first-order valence-electron chi connectivity index (χ1n) is 10.3. The minimum atomic E-state index is 0. The topological polar surface area (TPSA) is 0 Å². The predicted octanol–water partition coefficient (Wildman–Crippen LogP) is 7.92. The van der Waals surface area contributed by atoms with Crippen LogP contribution in [0.1, 0.15) is 106 Å². The standard InChI is InChI=1S/C22H42.CH3.Y/c1-7-9-19-12-11-18(16-21(19,3)4)14-20-13-10-17(8-2)15-22(20,5)6;;/h17-20H,7-16H2,1-6H3;1H3;/q;-1;/t17-,18+,19-,20+;;/m0../s1. The van der Waals surface area contributed by atoms with E-state index in [1.165, 1.54) is 64.2 Å². The third-order valence-corrected chi connectivity index (χ3v) is 7.52. The molecule has 141 valence electrons. The molecule has 2 aliphatic rings. The first-order valence-corrected chi connectivity index (χ1v) is 10.3. The minimum Gasteiger partial charge on any atom is -0.358 e. The second-order valence-electron chi connectivity index (χ2n) is 10.1. The van der Waals surface area contributed by atoms with E-state index in [0.29, 0.717) is 10.8 Å². The second-order valence-corrected chi connectivity index (χ2v) is 10.1. The van der Waals surface area contributed by atoms with Crippen LogP contribution < -0.4 is 0 Å². The Balaban J connectivity index is 0.00000264. The summed E-state index contributed by atoms with van der Waals surface area (Å²) in [5.41, 5.74) is 1.17. The summed E-state index contributed by atoms with van der Waals surface area (Å²) >= 11 is 0. The summed E-state index contributed by atoms with van der Waals surface area (Å²) < 4.78 is 0. The molecule has 1 radical (unpaired) electrons. The molecule has 0 bridgehead atoms. The summed E-state index contributed by atoms with van der Waals surface area (Å²) in [4.78, 5) is 0. The number of hydrogen-bond acceptors (Lipinski definition) is 0. The summed E-state index contributed by atoms with van der Waals surface area (Å²) in [5, 5.41) is 0. The number of hydrogen-bond donors (Lipinski definition) is 0. The van der Waals surface area contributed by atoms with Gasteiger partial charge in [0.1, 0.15) is 0 Å². The monoisotopic (exact) mass is 410 g/mol. The van der Waals surface area contributed by atoms with Crippen molar-refractivity contribution < 1.29 is 32.7 Å². The molecule has 2 rings (SSSR count). The molecular weight excluding hydrogens is 365 g/mol. The fraction of sp³-hybridized carbons (Fsp3) is 0.957. The van der Waals surface area contributed by atoms with Crippen LogP contribution in [0, 0.1) is 41.9 Å². The molecule has 2 fully saturated rings. The second kappa shape index (κ2) is 10.4. The van der Waals surface area contributed by atoms with Crippen LogP contribution >= 0.6 is 0 Å². The van der Waals surface area contributed by atoms with E-state index < -0.39 is 0 Å². The summed E-state index contributed by atoms with van der Waals surface area (Å²) in [6.07, 6.45) is 14.7. The van der Waals surface area contributed by atoms with Crippen molar-refractivity contribution >= 4 is 0 Å². The van der Waals surface area contributed by atoms with Crippen molar-refractivity contribution in [2.75, 3.05) is 0 Å². The SMILES string of the molecule is CCC[C@H]1CC[C@H](C[C@H]2CC[C@H](CC)CC2(C)C)CC1(C)C.[CH3-].[Y]. The van der Waals surface area contributed by atoms with Crippen LogP contribution in [0.25, 0.3) is 0 Å². The van der Waals surface area contributed by atoms with Gasteiger partial charge in [-0.15, -0.1) is 0 Å². The van der Waals surface area contributed by atoms with Crippen LogP contribution in [-0.4, -0.2) is 0 Å². The van der Waals surface area contributed by atoms with Crippen LogP contribution in [0.15, 0.2) is 0 Å². The van der Waals surface area contributed by atoms with Gasteiger partial charge < -0.3 is 7.43 Å². The maximum absolute atomic E-state index is 2.56. The molecule has 0 aliphatic heterocycles. The Morgan fingerprint density at radius 1 is 0.750 bits per heavy atom. The van der Waals surface area contributed by atoms with Crippen LogP contribution in [0.5, 0.6) is 0 Å². The molecule has 0 aromatic rings. The van der Waals surface area contributed by atoms with Crippen molar-refractivity contribution in [1.29, 1.82) is 0 Å². The Bertz CT molecular complexity index is 344. The van der Waals surface area contributed by atoms with Crippen LogP contribution in [0.2, 0.25) is 0 Å². The van der Waals surface area contributed by atoms with Crippen molar-refractivity contribution in [1.82, 2.24) is 0 Å². The fourth-order valence-electron chi connectivity index (χ4n) is 5.95. The third-order valence-electron chi connectivity index (χ3n) is 7.52. The van der Waals surface area contributed by atoms with E-state index in [4.69, 9.17) is 0 Å². The van der Waals surface area contributed by atoms with E-state index in [1.54, 1.807) is 0 Å². The molecule has 0 aromatic heterocycles. The first kappa shape index (κ1) is 25.1. The Labute approximate surface area is 179 Å². The minimum absolute atomic E-state index is 0. The van der Waals surface area contributed by atoms with Crippen molar-refractivity contribution in [3.8, 4) is 0 Å². The number of rotatable bonds is 5. The Hall–Kier alpha value is 1.10. The summed E-state index contributed by atoms with van der Waals surface area (Å²) in [7, 11) is 0. The molecule has 0 saturated heterocycles. The molecule has 2 saturated carbocycles. The first-order chi connectivity index (χ1) is 10.3. The Morgan fingerprint density at radius 2 is 1.25 bits per heavy atom. The van der Waals surface area contributed by atoms with Gasteiger partial charge in [0.15, 0.2) is 0 Å². The van der Waals surface area contributed by atoms with Crippen LogP contribution in [0.3, 0.4) is 0 Å². The molecule has 0 amide bonds. The van der Waals surface area contributed by atoms with E-state index in [2.05, 4.69) is 41.5 Å². The molecule has 0 heterocycles. The van der Waals surface area contributed by atoms with Gasteiger partial charge >= 0.3 is 0 Å². The van der Waals surface area contributed by atoms with Crippen LogP contribution in [-0.2, 0) is 32.7 Å². The van der Waals surface area contributed by atoms with Gasteiger partial charge in [0.05, 0.1) is 0 Å². The van der Waals surface area contributed by atoms with E-state index in [-0.39, 0.29) is 40.1 Å². The van der Waals surface area contributed by atoms with E-state index >= 15 is 0 Å². The van der Waals surface area contributed by atoms with Gasteiger partial charge in [-0.1, -0.05) is 73.6 Å². The maximum Gasteiger partial charge on any atom is 0 e. The fourth-order valence-corrected chi connectivity index (χ4v) is 5.95. The van der Waals surface area contributed by atoms with Crippen LogP contribution in [0.4, 0.5) is 0 Å². The summed E-state index contributed by atoms with van der Waals surface area (Å²) in [6.45, 7) is 15.0. The maximum atomic E-state index is 2.56. The summed E-state index contributed by atoms with van der Waals surface area (Å²) in [5.74, 6) is 3.98. The molecular formula is C23H45Y-. The third kappa shape index (κ3) is 6.37. The molecule has 24 heavy (non-hydrogen) atoms. The van der Waals surface area contributed by atoms with E-state index in [9.17, 15) is 0 Å². The molecule has 2 aliphatic carbocycles. The zero-order valence-electron chi connectivity index (χ0n) is 18.0. The Kier molecular flexibility index (Phi) is 10.9. The smallest absolute Gasteiger partial charge is 0 e. The van der Waals surface area contributed by atoms with Gasteiger partial charge in [0.25, 0.3) is 0 Å². The van der Waals surface area contributed by atoms with Gasteiger partial charge in [-0.2, -0.15) is 0 Å². The quantitative estimate of drug-likeness (QED) is 0.404. The van der Waals surface area contributed by atoms with Crippen molar-refractivity contribution in [3.63, 3.8) is 0 Å². The normalized spacial score (nSPS) is 34.8. The van der Waals surface area contributed by atoms with Crippen molar-refractivity contribution in [2.24, 2.45) is 34.5 Å². The van der Waals surface area contributed by atoms with E-state index in [1.807, 2.05) is 0 Å². The molecule has 0 nitrogen and oxygen atoms in total. The van der Waals surface area contributed by atoms with E-state index in [0.717, 1.165) is 23.7 Å². The zero-order chi connectivity index (χ0) is 16.4. The molecule has 0 spiro atoms. The van der Waals surface area contributed by atoms with Crippen molar-refractivity contribution in [3.05, 3.63) is 7.43 Å². The molecule has 0 aromatic carbocycles. The molecule has 0 unspecified atom stereocenters. The summed E-state index contributed by atoms with van der Waals surface area (Å²) in [6, 6.07) is 0. The van der Waals surface area contributed by atoms with Gasteiger partial charge in [-0.05, 0) is 66.6 Å². The molecule has 0 N–H and O–H groups in total. The molecule has 4 atom stereocenters. The van der Waals surface area contributed by atoms with Gasteiger partial charge in [0.2, 0.25) is 0 Å². The van der Waals surface area contributed by atoms with Gasteiger partial charge in [0, 0.05) is 32.7 Å². The largest absolute Gasteiger partial charge is 0.358 e. The van der Waals surface area contributed by atoms with Crippen molar-refractivity contribution in [2.45, 2.75) is 106 Å². The Morgan fingerprint density at radius 3 is 1.75 bits per heavy atom. The van der Waals surface area contributed by atoms with Gasteiger partial charge in [-0.3, -0.25) is 0 Å². The zero-order valence-corrected chi connectivity index (χ0v) is 20.8. The van der Waals surface area contributed by atoms with Gasteiger partial charge in [-0.25, -0.2) is 0 Å².